The van der Waals surface area contributed by atoms with Crippen molar-refractivity contribution in [3.8, 4) is 0 Å². The van der Waals surface area contributed by atoms with Crippen LogP contribution in [-0.4, -0.2) is 34.5 Å². The molecular weight excluding hydrogens is 258 g/mol. The van der Waals surface area contributed by atoms with E-state index < -0.39 is 0 Å². The number of carbonyl (C=O) groups excluding carboxylic acids is 1. The quantitative estimate of drug-likeness (QED) is 0.853. The molecule has 0 bridgehead atoms. The molecule has 2 aliphatic rings. The Morgan fingerprint density at radius 2 is 2.30 bits per heavy atom. The molecule has 0 spiro atoms. The molecule has 1 saturated carbocycles. The van der Waals surface area contributed by atoms with Crippen LogP contribution in [0.15, 0.2) is 27.3 Å². The minimum Gasteiger partial charge on any atom is -0.469 e. The predicted molar refractivity (Wildman–Crippen MR) is 68.1 cm³/mol. The van der Waals surface area contributed by atoms with Crippen LogP contribution in [0, 0.1) is 0 Å². The Labute approximate surface area is 115 Å². The molecule has 6 nitrogen and oxygen atoms in total. The van der Waals surface area contributed by atoms with Crippen LogP contribution >= 0.6 is 0 Å². The van der Waals surface area contributed by atoms with Crippen LogP contribution < -0.4 is 0 Å². The van der Waals surface area contributed by atoms with Crippen LogP contribution in [0.3, 0.4) is 0 Å². The fraction of sp³-hybridized carbons (Fsp3) is 0.500. The molecule has 0 radical (unpaired) electrons. The zero-order valence-electron chi connectivity index (χ0n) is 11.2. The molecule has 2 fully saturated rings. The highest BCUT2D eigenvalue weighted by Gasteiger charge is 2.46. The number of nitrogens with zero attached hydrogens (tertiary/aromatic N) is 3. The van der Waals surface area contributed by atoms with Crippen LogP contribution in [0.1, 0.15) is 48.1 Å². The van der Waals surface area contributed by atoms with Gasteiger partial charge in [0, 0.05) is 37.8 Å². The van der Waals surface area contributed by atoms with Gasteiger partial charge in [-0.15, -0.1) is 0 Å². The fourth-order valence-corrected chi connectivity index (χ4v) is 2.88. The smallest absolute Gasteiger partial charge is 0.230 e. The van der Waals surface area contributed by atoms with Crippen molar-refractivity contribution in [3.05, 3.63) is 35.9 Å². The van der Waals surface area contributed by atoms with Gasteiger partial charge in [-0.25, -0.2) is 0 Å². The molecule has 2 aromatic heterocycles. The fourth-order valence-electron chi connectivity index (χ4n) is 2.88. The summed E-state index contributed by atoms with van der Waals surface area (Å²) in [5.74, 6) is 3.12. The normalized spacial score (nSPS) is 29.1. The Hall–Kier alpha value is -2.11. The topological polar surface area (TPSA) is 72.4 Å². The summed E-state index contributed by atoms with van der Waals surface area (Å²) in [5, 5.41) is 4.05. The zero-order chi connectivity index (χ0) is 13.7. The third-order valence-corrected chi connectivity index (χ3v) is 4.18. The highest BCUT2D eigenvalue weighted by molar-refractivity contribution is 5.79. The average Bonchev–Trinajstić information content (AvgIpc) is 2.89. The van der Waals surface area contributed by atoms with Gasteiger partial charge in [-0.1, -0.05) is 5.16 Å². The minimum atomic E-state index is 0.0609. The van der Waals surface area contributed by atoms with Crippen molar-refractivity contribution in [2.45, 2.75) is 30.6 Å². The summed E-state index contributed by atoms with van der Waals surface area (Å²) in [6, 6.07) is 3.87. The van der Waals surface area contributed by atoms with Crippen molar-refractivity contribution in [1.29, 1.82) is 0 Å². The molecule has 1 aliphatic carbocycles. The standard InChI is InChI=1S/C14H15N3O3/c1-17-7-8(5-12(17)18)13-15-14(20-16-13)10-6-9(10)11-3-2-4-19-11/h2-4,8-10H,5-7H2,1H3/t8-,9+,10-/m1/s1. The molecule has 1 aliphatic heterocycles. The van der Waals surface area contributed by atoms with E-state index in [1.807, 2.05) is 12.1 Å². The highest BCUT2D eigenvalue weighted by Crippen LogP contribution is 2.54. The van der Waals surface area contributed by atoms with Crippen molar-refractivity contribution in [2.75, 3.05) is 13.6 Å². The third-order valence-electron chi connectivity index (χ3n) is 4.18. The summed E-state index contributed by atoms with van der Waals surface area (Å²) < 4.78 is 10.8. The number of rotatable bonds is 3. The second-order valence-electron chi connectivity index (χ2n) is 5.63. The first kappa shape index (κ1) is 11.7. The Kier molecular flexibility index (Phi) is 2.45. The lowest BCUT2D eigenvalue weighted by Crippen LogP contribution is -2.18. The van der Waals surface area contributed by atoms with E-state index in [4.69, 9.17) is 8.94 Å². The van der Waals surface area contributed by atoms with Gasteiger partial charge in [-0.3, -0.25) is 4.79 Å². The molecular formula is C14H15N3O3. The van der Waals surface area contributed by atoms with Gasteiger partial charge in [0.1, 0.15) is 5.76 Å². The molecule has 0 unspecified atom stereocenters. The molecule has 1 amide bonds. The maximum atomic E-state index is 11.5. The van der Waals surface area contributed by atoms with E-state index in [1.54, 1.807) is 18.2 Å². The maximum absolute atomic E-state index is 11.5. The molecule has 20 heavy (non-hydrogen) atoms. The molecule has 0 aromatic carbocycles. The first-order valence-corrected chi connectivity index (χ1v) is 6.83. The van der Waals surface area contributed by atoms with E-state index >= 15 is 0 Å². The molecule has 104 valence electrons. The summed E-state index contributed by atoms with van der Waals surface area (Å²) in [5.41, 5.74) is 0. The summed E-state index contributed by atoms with van der Waals surface area (Å²) in [4.78, 5) is 17.7. The Morgan fingerprint density at radius 1 is 1.40 bits per heavy atom. The Morgan fingerprint density at radius 3 is 3.00 bits per heavy atom. The Bertz CT molecular complexity index is 634. The zero-order valence-corrected chi connectivity index (χ0v) is 11.2. The summed E-state index contributed by atoms with van der Waals surface area (Å²) >= 11 is 0. The monoisotopic (exact) mass is 273 g/mol. The van der Waals surface area contributed by atoms with Gasteiger partial charge in [0.05, 0.1) is 6.26 Å². The van der Waals surface area contributed by atoms with E-state index in [9.17, 15) is 4.79 Å². The first-order chi connectivity index (χ1) is 9.72. The number of aromatic nitrogens is 2. The lowest BCUT2D eigenvalue weighted by Gasteiger charge is -2.06. The molecule has 1 saturated heterocycles. The average molecular weight is 273 g/mol. The van der Waals surface area contributed by atoms with E-state index in [0.717, 1.165) is 12.2 Å². The maximum Gasteiger partial charge on any atom is 0.230 e. The molecule has 3 heterocycles. The summed E-state index contributed by atoms with van der Waals surface area (Å²) in [6.07, 6.45) is 3.14. The SMILES string of the molecule is CN1C[C@H](c2noc([C@@H]3C[C@@H]3c3ccco3)n2)CC1=O. The Balaban J connectivity index is 1.48. The lowest BCUT2D eigenvalue weighted by molar-refractivity contribution is -0.126. The van der Waals surface area contributed by atoms with Gasteiger partial charge < -0.3 is 13.8 Å². The number of amides is 1. The number of likely N-dealkylation sites (tertiary alicyclic amines) is 1. The van der Waals surface area contributed by atoms with Crippen LogP contribution in [0.25, 0.3) is 0 Å². The van der Waals surface area contributed by atoms with Crippen LogP contribution in [-0.2, 0) is 4.79 Å². The van der Waals surface area contributed by atoms with Crippen LogP contribution in [0.2, 0.25) is 0 Å². The number of carbonyl (C=O) groups is 1. The van der Waals surface area contributed by atoms with Gasteiger partial charge in [0.25, 0.3) is 0 Å². The third kappa shape index (κ3) is 1.83. The molecule has 0 N–H and O–H groups in total. The lowest BCUT2D eigenvalue weighted by atomic mass is 10.1. The molecule has 4 rings (SSSR count). The highest BCUT2D eigenvalue weighted by atomic mass is 16.5. The van der Waals surface area contributed by atoms with Gasteiger partial charge in [-0.2, -0.15) is 4.98 Å². The van der Waals surface area contributed by atoms with Crippen molar-refractivity contribution in [2.24, 2.45) is 0 Å². The molecule has 6 heteroatoms. The van der Waals surface area contributed by atoms with E-state index in [1.165, 1.54) is 0 Å². The minimum absolute atomic E-state index is 0.0609. The number of hydrogen-bond donors (Lipinski definition) is 0. The van der Waals surface area contributed by atoms with Crippen molar-refractivity contribution in [1.82, 2.24) is 15.0 Å². The summed E-state index contributed by atoms with van der Waals surface area (Å²) in [6.45, 7) is 0.671. The van der Waals surface area contributed by atoms with Crippen molar-refractivity contribution in [3.63, 3.8) is 0 Å². The largest absolute Gasteiger partial charge is 0.469 e. The second-order valence-corrected chi connectivity index (χ2v) is 5.63. The number of hydrogen-bond acceptors (Lipinski definition) is 5. The number of likely N-dealkylation sites (N-methyl/N-ethyl adjacent to an activating group) is 1. The predicted octanol–water partition coefficient (Wildman–Crippen LogP) is 1.88. The van der Waals surface area contributed by atoms with Gasteiger partial charge in [-0.05, 0) is 18.6 Å². The van der Waals surface area contributed by atoms with Crippen molar-refractivity contribution < 1.29 is 13.7 Å². The molecule has 3 atom stereocenters. The first-order valence-electron chi connectivity index (χ1n) is 6.83. The van der Waals surface area contributed by atoms with Crippen LogP contribution in [0.5, 0.6) is 0 Å². The van der Waals surface area contributed by atoms with Gasteiger partial charge >= 0.3 is 0 Å². The van der Waals surface area contributed by atoms with E-state index in [0.29, 0.717) is 30.6 Å². The summed E-state index contributed by atoms with van der Waals surface area (Å²) in [7, 11) is 1.80. The van der Waals surface area contributed by atoms with Crippen LogP contribution in [0.4, 0.5) is 0 Å². The second kappa shape index (κ2) is 4.19. The van der Waals surface area contributed by atoms with Gasteiger partial charge in [0.15, 0.2) is 5.82 Å². The molecule has 2 aromatic rings. The van der Waals surface area contributed by atoms with E-state index in [2.05, 4.69) is 10.1 Å². The van der Waals surface area contributed by atoms with Crippen molar-refractivity contribution >= 4 is 5.91 Å². The number of furan rings is 1. The van der Waals surface area contributed by atoms with E-state index in [-0.39, 0.29) is 17.7 Å². The van der Waals surface area contributed by atoms with Gasteiger partial charge in [0.2, 0.25) is 11.8 Å².